The van der Waals surface area contributed by atoms with E-state index in [1.807, 2.05) is 43.5 Å². The smallest absolute Gasteiger partial charge is 0.266 e. The van der Waals surface area contributed by atoms with Crippen LogP contribution in [0.25, 0.3) is 0 Å². The van der Waals surface area contributed by atoms with Gasteiger partial charge in [-0.2, -0.15) is 0 Å². The van der Waals surface area contributed by atoms with E-state index >= 15 is 0 Å². The first-order valence-electron chi connectivity index (χ1n) is 6.23. The van der Waals surface area contributed by atoms with Gasteiger partial charge in [0.05, 0.1) is 11.5 Å². The molecule has 2 N–H and O–H groups in total. The van der Waals surface area contributed by atoms with Crippen molar-refractivity contribution in [2.75, 3.05) is 5.32 Å². The zero-order valence-corrected chi connectivity index (χ0v) is 11.9. The van der Waals surface area contributed by atoms with Gasteiger partial charge in [0.1, 0.15) is 0 Å². The van der Waals surface area contributed by atoms with Gasteiger partial charge in [0.25, 0.3) is 5.91 Å². The van der Waals surface area contributed by atoms with E-state index in [4.69, 9.17) is 5.11 Å². The lowest BCUT2D eigenvalue weighted by atomic mass is 10.1. The van der Waals surface area contributed by atoms with E-state index in [1.165, 1.54) is 11.3 Å². The molecule has 0 aliphatic rings. The number of benzene rings is 1. The number of nitrogens with one attached hydrogen (secondary N) is 1. The lowest BCUT2D eigenvalue weighted by Gasteiger charge is -2.10. The maximum absolute atomic E-state index is 12.2. The van der Waals surface area contributed by atoms with Crippen molar-refractivity contribution in [2.45, 2.75) is 26.9 Å². The van der Waals surface area contributed by atoms with E-state index in [0.717, 1.165) is 33.7 Å². The van der Waals surface area contributed by atoms with E-state index < -0.39 is 0 Å². The van der Waals surface area contributed by atoms with Crippen molar-refractivity contribution in [2.24, 2.45) is 0 Å². The van der Waals surface area contributed by atoms with E-state index in [2.05, 4.69) is 5.32 Å². The number of aryl methyl sites for hydroxylation is 2. The number of carbonyl (C=O) groups is 1. The third kappa shape index (κ3) is 3.03. The largest absolute Gasteiger partial charge is 0.392 e. The van der Waals surface area contributed by atoms with Crippen LogP contribution in [0.4, 0.5) is 5.69 Å². The first-order chi connectivity index (χ1) is 9.15. The molecule has 0 unspecified atom stereocenters. The number of aliphatic hydroxyl groups is 1. The molecule has 0 spiro atoms. The summed E-state index contributed by atoms with van der Waals surface area (Å²) in [6.07, 6.45) is 0.849. The molecule has 0 aliphatic heterocycles. The van der Waals surface area contributed by atoms with Crippen LogP contribution in [0.1, 0.15) is 33.3 Å². The summed E-state index contributed by atoms with van der Waals surface area (Å²) in [5, 5.41) is 14.0. The minimum atomic E-state index is -0.0787. The van der Waals surface area contributed by atoms with E-state index in [0.29, 0.717) is 0 Å². The summed E-state index contributed by atoms with van der Waals surface area (Å²) >= 11 is 1.46. The summed E-state index contributed by atoms with van der Waals surface area (Å²) in [5.41, 5.74) is 3.61. The molecule has 4 heteroatoms. The highest BCUT2D eigenvalue weighted by atomic mass is 32.1. The molecule has 0 saturated heterocycles. The van der Waals surface area contributed by atoms with Crippen LogP contribution in [-0.2, 0) is 13.0 Å². The van der Waals surface area contributed by atoms with Gasteiger partial charge < -0.3 is 10.4 Å². The zero-order valence-electron chi connectivity index (χ0n) is 11.1. The van der Waals surface area contributed by atoms with Crippen LogP contribution in [-0.4, -0.2) is 11.0 Å². The van der Waals surface area contributed by atoms with Crippen molar-refractivity contribution in [1.29, 1.82) is 0 Å². The van der Waals surface area contributed by atoms with Crippen LogP contribution in [0.2, 0.25) is 0 Å². The van der Waals surface area contributed by atoms with Gasteiger partial charge in [0.2, 0.25) is 0 Å². The third-order valence-corrected chi connectivity index (χ3v) is 4.02. The first-order valence-corrected chi connectivity index (χ1v) is 7.11. The second-order valence-corrected chi connectivity index (χ2v) is 5.31. The fraction of sp³-hybridized carbons (Fsp3) is 0.267. The monoisotopic (exact) mass is 275 g/mol. The summed E-state index contributed by atoms with van der Waals surface area (Å²) < 4.78 is 0. The average Bonchev–Trinajstić information content (AvgIpc) is 2.89. The van der Waals surface area contributed by atoms with Gasteiger partial charge in [-0.25, -0.2) is 0 Å². The Kier molecular flexibility index (Phi) is 4.35. The van der Waals surface area contributed by atoms with Gasteiger partial charge >= 0.3 is 0 Å². The normalized spacial score (nSPS) is 10.5. The Morgan fingerprint density at radius 2 is 2.16 bits per heavy atom. The molecule has 100 valence electrons. The molecule has 19 heavy (non-hydrogen) atoms. The Bertz CT molecular complexity index is 590. The standard InChI is InChI=1S/C15H17NO2S/c1-3-12-6-7-19-14(12)15(18)16-13-8-11(9-17)5-4-10(13)2/h4-8,17H,3,9H2,1-2H3,(H,16,18). The Labute approximate surface area is 116 Å². The molecule has 3 nitrogen and oxygen atoms in total. The van der Waals surface area contributed by atoms with Crippen LogP contribution in [0.3, 0.4) is 0 Å². The molecule has 0 fully saturated rings. The Balaban J connectivity index is 2.24. The Morgan fingerprint density at radius 3 is 2.84 bits per heavy atom. The fourth-order valence-corrected chi connectivity index (χ4v) is 2.78. The summed E-state index contributed by atoms with van der Waals surface area (Å²) in [7, 11) is 0. The second-order valence-electron chi connectivity index (χ2n) is 4.39. The SMILES string of the molecule is CCc1ccsc1C(=O)Nc1cc(CO)ccc1C. The van der Waals surface area contributed by atoms with Gasteiger partial charge in [-0.15, -0.1) is 11.3 Å². The maximum Gasteiger partial charge on any atom is 0.266 e. The maximum atomic E-state index is 12.2. The van der Waals surface area contributed by atoms with Crippen molar-refractivity contribution in [3.05, 3.63) is 51.2 Å². The van der Waals surface area contributed by atoms with Gasteiger partial charge in [-0.1, -0.05) is 19.1 Å². The van der Waals surface area contributed by atoms with Gasteiger partial charge in [0, 0.05) is 5.69 Å². The minimum Gasteiger partial charge on any atom is -0.392 e. The molecule has 0 aliphatic carbocycles. The quantitative estimate of drug-likeness (QED) is 0.899. The van der Waals surface area contributed by atoms with Crippen LogP contribution < -0.4 is 5.32 Å². The number of rotatable bonds is 4. The van der Waals surface area contributed by atoms with Crippen molar-refractivity contribution < 1.29 is 9.90 Å². The van der Waals surface area contributed by atoms with Crippen molar-refractivity contribution in [1.82, 2.24) is 0 Å². The van der Waals surface area contributed by atoms with Crippen molar-refractivity contribution >= 4 is 22.9 Å². The lowest BCUT2D eigenvalue weighted by molar-refractivity contribution is 0.102. The minimum absolute atomic E-state index is 0.0254. The molecule has 1 amide bonds. The first kappa shape index (κ1) is 13.8. The van der Waals surface area contributed by atoms with Crippen LogP contribution in [0.5, 0.6) is 0 Å². The molecule has 2 aromatic rings. The second kappa shape index (κ2) is 5.99. The molecule has 1 aromatic carbocycles. The molecule has 1 heterocycles. The number of anilines is 1. The highest BCUT2D eigenvalue weighted by Gasteiger charge is 2.13. The summed E-state index contributed by atoms with van der Waals surface area (Å²) in [5.74, 6) is -0.0787. The number of carbonyl (C=O) groups excluding carboxylic acids is 1. The Hall–Kier alpha value is -1.65. The topological polar surface area (TPSA) is 49.3 Å². The predicted molar refractivity (Wildman–Crippen MR) is 78.8 cm³/mol. The zero-order chi connectivity index (χ0) is 13.8. The van der Waals surface area contributed by atoms with Crippen LogP contribution >= 0.6 is 11.3 Å². The molecular weight excluding hydrogens is 258 g/mol. The number of aliphatic hydroxyl groups excluding tert-OH is 1. The van der Waals surface area contributed by atoms with Gasteiger partial charge in [-0.3, -0.25) is 4.79 Å². The van der Waals surface area contributed by atoms with Crippen LogP contribution in [0, 0.1) is 6.92 Å². The van der Waals surface area contributed by atoms with Crippen LogP contribution in [0.15, 0.2) is 29.6 Å². The number of hydrogen-bond donors (Lipinski definition) is 2. The molecule has 0 atom stereocenters. The lowest BCUT2D eigenvalue weighted by Crippen LogP contribution is -2.13. The molecule has 1 aromatic heterocycles. The summed E-state index contributed by atoms with van der Waals surface area (Å²) in [6, 6.07) is 7.55. The van der Waals surface area contributed by atoms with E-state index in [9.17, 15) is 4.79 Å². The predicted octanol–water partition coefficient (Wildman–Crippen LogP) is 3.36. The summed E-state index contributed by atoms with van der Waals surface area (Å²) in [4.78, 5) is 13.0. The molecule has 2 rings (SSSR count). The molecule has 0 radical (unpaired) electrons. The molecule has 0 bridgehead atoms. The highest BCUT2D eigenvalue weighted by Crippen LogP contribution is 2.22. The highest BCUT2D eigenvalue weighted by molar-refractivity contribution is 7.12. The van der Waals surface area contributed by atoms with Crippen molar-refractivity contribution in [3.63, 3.8) is 0 Å². The number of hydrogen-bond acceptors (Lipinski definition) is 3. The van der Waals surface area contributed by atoms with Gasteiger partial charge in [-0.05, 0) is 47.5 Å². The van der Waals surface area contributed by atoms with Gasteiger partial charge in [0.15, 0.2) is 0 Å². The average molecular weight is 275 g/mol. The van der Waals surface area contributed by atoms with E-state index in [1.54, 1.807) is 0 Å². The third-order valence-electron chi connectivity index (χ3n) is 3.07. The fourth-order valence-electron chi connectivity index (χ4n) is 1.89. The number of thiophene rings is 1. The summed E-state index contributed by atoms with van der Waals surface area (Å²) in [6.45, 7) is 3.95. The Morgan fingerprint density at radius 1 is 1.37 bits per heavy atom. The molecule has 0 saturated carbocycles. The molecular formula is C15H17NO2S. The van der Waals surface area contributed by atoms with E-state index in [-0.39, 0.29) is 12.5 Å². The number of amides is 1. The van der Waals surface area contributed by atoms with Crippen molar-refractivity contribution in [3.8, 4) is 0 Å².